The van der Waals surface area contributed by atoms with Gasteiger partial charge in [0, 0.05) is 5.92 Å². The topological polar surface area (TPSA) is 61.8 Å². The van der Waals surface area contributed by atoms with Crippen LogP contribution in [0.25, 0.3) is 0 Å². The van der Waals surface area contributed by atoms with E-state index >= 15 is 0 Å². The number of hydrogen-bond acceptors (Lipinski definition) is 5. The molecule has 1 aromatic rings. The molecule has 0 radical (unpaired) electrons. The van der Waals surface area contributed by atoms with Crippen molar-refractivity contribution in [3.05, 3.63) is 35.4 Å². The maximum Gasteiger partial charge on any atom is 0.320 e. The van der Waals surface area contributed by atoms with Gasteiger partial charge >= 0.3 is 11.9 Å². The molecule has 5 nitrogen and oxygen atoms in total. The lowest BCUT2D eigenvalue weighted by Crippen LogP contribution is -2.35. The number of carbonyl (C=O) groups is 2. The Hall–Kier alpha value is -1.88. The summed E-state index contributed by atoms with van der Waals surface area (Å²) in [6.07, 6.45) is 2.95. The van der Waals surface area contributed by atoms with Crippen molar-refractivity contribution in [1.82, 2.24) is 0 Å². The third-order valence-electron chi connectivity index (χ3n) is 6.51. The van der Waals surface area contributed by atoms with Crippen molar-refractivity contribution in [2.24, 2.45) is 23.7 Å². The van der Waals surface area contributed by atoms with Crippen LogP contribution >= 0.6 is 0 Å². The summed E-state index contributed by atoms with van der Waals surface area (Å²) in [7, 11) is 2.66. The lowest BCUT2D eigenvalue weighted by atomic mass is 9.79. The maximum absolute atomic E-state index is 12.2. The van der Waals surface area contributed by atoms with Crippen molar-refractivity contribution in [3.8, 4) is 0 Å². The van der Waals surface area contributed by atoms with Gasteiger partial charge < -0.3 is 14.2 Å². The molecule has 5 heteroatoms. The number of esters is 2. The second kappa shape index (κ2) is 6.45. The molecule has 0 unspecified atom stereocenters. The van der Waals surface area contributed by atoms with E-state index in [2.05, 4.69) is 24.3 Å². The van der Waals surface area contributed by atoms with Crippen molar-refractivity contribution in [1.29, 1.82) is 0 Å². The molecule has 4 rings (SSSR count). The Morgan fingerprint density at radius 3 is 2.52 bits per heavy atom. The van der Waals surface area contributed by atoms with Gasteiger partial charge in [-0.1, -0.05) is 24.3 Å². The van der Waals surface area contributed by atoms with Gasteiger partial charge in [0.1, 0.15) is 0 Å². The first kappa shape index (κ1) is 16.6. The molecule has 2 aliphatic carbocycles. The van der Waals surface area contributed by atoms with Crippen LogP contribution in [0.15, 0.2) is 24.3 Å². The second-order valence-corrected chi connectivity index (χ2v) is 7.40. The molecule has 0 saturated heterocycles. The molecule has 2 fully saturated rings. The third-order valence-corrected chi connectivity index (χ3v) is 6.51. The fourth-order valence-corrected chi connectivity index (χ4v) is 5.52. The van der Waals surface area contributed by atoms with Gasteiger partial charge in [0.05, 0.1) is 26.9 Å². The lowest BCUT2D eigenvalue weighted by molar-refractivity contribution is -0.162. The molecular weight excluding hydrogens is 320 g/mol. The normalized spacial score (nSPS) is 32.7. The van der Waals surface area contributed by atoms with Crippen LogP contribution in [0.3, 0.4) is 0 Å². The number of fused-ring (bicyclic) bond motifs is 5. The van der Waals surface area contributed by atoms with Gasteiger partial charge in [0.25, 0.3) is 0 Å². The zero-order chi connectivity index (χ0) is 17.6. The molecule has 0 N–H and O–H groups in total. The first-order valence-electron chi connectivity index (χ1n) is 9.00. The molecule has 134 valence electrons. The number of carbonyl (C=O) groups excluding carboxylic acids is 2. The molecule has 1 heterocycles. The molecule has 1 aliphatic heterocycles. The zero-order valence-corrected chi connectivity index (χ0v) is 14.6. The Balaban J connectivity index is 1.63. The van der Waals surface area contributed by atoms with Crippen LogP contribution in [0.1, 0.15) is 36.3 Å². The Bertz CT molecular complexity index is 668. The number of methoxy groups -OCH3 is 2. The van der Waals surface area contributed by atoms with Crippen LogP contribution < -0.4 is 0 Å². The number of benzene rings is 1. The molecule has 3 aliphatic rings. The third kappa shape index (κ3) is 2.56. The smallest absolute Gasteiger partial charge is 0.320 e. The van der Waals surface area contributed by atoms with Crippen LogP contribution in [-0.4, -0.2) is 32.3 Å². The highest BCUT2D eigenvalue weighted by atomic mass is 16.5. The summed E-state index contributed by atoms with van der Waals surface area (Å²) in [6, 6.07) is 8.49. The average molecular weight is 344 g/mol. The zero-order valence-electron chi connectivity index (χ0n) is 14.6. The highest BCUT2D eigenvalue weighted by Gasteiger charge is 2.56. The van der Waals surface area contributed by atoms with Gasteiger partial charge in [-0.15, -0.1) is 0 Å². The average Bonchev–Trinajstić information content (AvgIpc) is 3.21. The van der Waals surface area contributed by atoms with Gasteiger partial charge in [-0.05, 0) is 48.1 Å². The number of rotatable bonds is 3. The second-order valence-electron chi connectivity index (χ2n) is 7.40. The molecule has 2 saturated carbocycles. The summed E-state index contributed by atoms with van der Waals surface area (Å²) < 4.78 is 15.9. The Labute approximate surface area is 147 Å². The Kier molecular flexibility index (Phi) is 4.28. The summed E-state index contributed by atoms with van der Waals surface area (Å²) in [6.45, 7) is 0.652. The van der Waals surface area contributed by atoms with Gasteiger partial charge in [0.15, 0.2) is 5.92 Å². The van der Waals surface area contributed by atoms with Gasteiger partial charge in [-0.2, -0.15) is 0 Å². The minimum Gasteiger partial charge on any atom is -0.468 e. The quantitative estimate of drug-likeness (QED) is 0.623. The van der Waals surface area contributed by atoms with E-state index in [0.717, 1.165) is 19.3 Å². The summed E-state index contributed by atoms with van der Waals surface area (Å²) in [4.78, 5) is 24.5. The highest BCUT2D eigenvalue weighted by Crippen LogP contribution is 2.58. The standard InChI is InChI=1S/C20H24O5/c1-23-19(21)18(20(22)24-2)14-8-7-13-15(14)9-16-17(13)12-6-4-3-5-11(12)10-25-16/h3-6,13-18H,7-10H2,1-2H3/t13-,14+,15-,16-,17+/m0/s1. The maximum atomic E-state index is 12.2. The van der Waals surface area contributed by atoms with Crippen LogP contribution in [0.2, 0.25) is 0 Å². The minimum atomic E-state index is -0.819. The molecule has 5 atom stereocenters. The monoisotopic (exact) mass is 344 g/mol. The van der Waals surface area contributed by atoms with Crippen molar-refractivity contribution >= 4 is 11.9 Å². The Morgan fingerprint density at radius 1 is 1.08 bits per heavy atom. The van der Waals surface area contributed by atoms with E-state index in [4.69, 9.17) is 14.2 Å². The van der Waals surface area contributed by atoms with E-state index in [9.17, 15) is 9.59 Å². The van der Waals surface area contributed by atoms with Crippen molar-refractivity contribution < 1.29 is 23.8 Å². The molecule has 1 aromatic carbocycles. The largest absolute Gasteiger partial charge is 0.468 e. The predicted molar refractivity (Wildman–Crippen MR) is 89.6 cm³/mol. The van der Waals surface area contributed by atoms with E-state index in [-0.39, 0.29) is 12.0 Å². The molecule has 0 aromatic heterocycles. The first-order valence-corrected chi connectivity index (χ1v) is 9.00. The summed E-state index contributed by atoms with van der Waals surface area (Å²) in [5.74, 6) is -0.678. The van der Waals surface area contributed by atoms with Crippen molar-refractivity contribution in [2.75, 3.05) is 14.2 Å². The van der Waals surface area contributed by atoms with E-state index in [0.29, 0.717) is 24.4 Å². The highest BCUT2D eigenvalue weighted by molar-refractivity contribution is 5.95. The fraction of sp³-hybridized carbons (Fsp3) is 0.600. The van der Waals surface area contributed by atoms with Gasteiger partial charge in [-0.25, -0.2) is 0 Å². The van der Waals surface area contributed by atoms with Crippen LogP contribution in [-0.2, 0) is 30.4 Å². The van der Waals surface area contributed by atoms with Crippen LogP contribution in [0, 0.1) is 23.7 Å². The fourth-order valence-electron chi connectivity index (χ4n) is 5.52. The molecule has 0 bridgehead atoms. The van der Waals surface area contributed by atoms with E-state index in [1.165, 1.54) is 25.3 Å². The molecule has 0 amide bonds. The van der Waals surface area contributed by atoms with Gasteiger partial charge in [0.2, 0.25) is 0 Å². The van der Waals surface area contributed by atoms with Crippen LogP contribution in [0.5, 0.6) is 0 Å². The molecule has 0 spiro atoms. The predicted octanol–water partition coefficient (Wildman–Crippen LogP) is 2.68. The molecule has 25 heavy (non-hydrogen) atoms. The van der Waals surface area contributed by atoms with Gasteiger partial charge in [-0.3, -0.25) is 9.59 Å². The van der Waals surface area contributed by atoms with Crippen molar-refractivity contribution in [2.45, 2.75) is 37.9 Å². The SMILES string of the molecule is COC(=O)C(C(=O)OC)[C@@H]1CC[C@H]2[C@@H]1C[C@@H]1OCc3ccccc3[C@H]21. The summed E-state index contributed by atoms with van der Waals surface area (Å²) >= 11 is 0. The van der Waals surface area contributed by atoms with E-state index in [1.54, 1.807) is 0 Å². The van der Waals surface area contributed by atoms with Crippen LogP contribution in [0.4, 0.5) is 0 Å². The van der Waals surface area contributed by atoms with E-state index in [1.807, 2.05) is 0 Å². The number of ether oxygens (including phenoxy) is 3. The molecular formula is C20H24O5. The van der Waals surface area contributed by atoms with Crippen molar-refractivity contribution in [3.63, 3.8) is 0 Å². The first-order chi connectivity index (χ1) is 12.2. The number of hydrogen-bond donors (Lipinski definition) is 0. The Morgan fingerprint density at radius 2 is 1.80 bits per heavy atom. The lowest BCUT2D eigenvalue weighted by Gasteiger charge is -2.31. The summed E-state index contributed by atoms with van der Waals surface area (Å²) in [5.41, 5.74) is 2.66. The summed E-state index contributed by atoms with van der Waals surface area (Å²) in [5, 5.41) is 0. The minimum absolute atomic E-state index is 0.0220. The van der Waals surface area contributed by atoms with E-state index < -0.39 is 17.9 Å².